The van der Waals surface area contributed by atoms with E-state index in [1.54, 1.807) is 31.2 Å². The summed E-state index contributed by atoms with van der Waals surface area (Å²) in [5.74, 6) is -1.85. The molecule has 0 aliphatic carbocycles. The van der Waals surface area contributed by atoms with Gasteiger partial charge in [-0.1, -0.05) is 97.2 Å². The highest BCUT2D eigenvalue weighted by Crippen LogP contribution is 2.38. The number of hydrogen-bond donors (Lipinski definition) is 2. The zero-order valence-corrected chi connectivity index (χ0v) is 25.9. The predicted molar refractivity (Wildman–Crippen MR) is 177 cm³/mol. The van der Waals surface area contributed by atoms with Crippen LogP contribution in [0.1, 0.15) is 29.7 Å². The van der Waals surface area contributed by atoms with Crippen molar-refractivity contribution < 1.29 is 29.0 Å². The molecular weight excluding hydrogens is 590 g/mol. The molecule has 1 heterocycles. The summed E-state index contributed by atoms with van der Waals surface area (Å²) >= 11 is 0.974. The Kier molecular flexibility index (Phi) is 11.1. The Balaban J connectivity index is 1.65. The van der Waals surface area contributed by atoms with Crippen LogP contribution in [0.2, 0.25) is 0 Å². The number of nitrogens with one attached hydrogen (secondary N) is 1. The van der Waals surface area contributed by atoms with Gasteiger partial charge in [-0.3, -0.25) is 19.3 Å². The molecule has 0 bridgehead atoms. The van der Waals surface area contributed by atoms with Gasteiger partial charge < -0.3 is 19.9 Å². The van der Waals surface area contributed by atoms with Gasteiger partial charge in [0.25, 0.3) is 11.8 Å². The van der Waals surface area contributed by atoms with Crippen LogP contribution < -0.4 is 14.8 Å². The maximum Gasteiger partial charge on any atom is 0.285 e. The zero-order valence-electron chi connectivity index (χ0n) is 25.1. The Morgan fingerprint density at radius 2 is 1.60 bits per heavy atom. The largest absolute Gasteiger partial charge is 0.502 e. The number of carbonyl (C=O) groups excluding carboxylic acids is 3. The fourth-order valence-corrected chi connectivity index (χ4v) is 5.37. The van der Waals surface area contributed by atoms with E-state index in [1.807, 2.05) is 60.7 Å². The second-order valence-corrected chi connectivity index (χ2v) is 10.5. The first kappa shape index (κ1) is 32.6. The number of allylic oxidation sites excluding steroid dienone is 4. The summed E-state index contributed by atoms with van der Waals surface area (Å²) in [6.45, 7) is 5.44. The fraction of sp³-hybridized carbons (Fsp3) is 0.143. The number of amides is 3. The maximum absolute atomic E-state index is 13.9. The summed E-state index contributed by atoms with van der Waals surface area (Å²) < 4.78 is 10.4. The Morgan fingerprint density at radius 1 is 1.02 bits per heavy atom. The number of aromatic hydroxyl groups is 1. The molecule has 9 nitrogen and oxygen atoms in total. The number of nitrogens with zero attached hydrogens (tertiary/aromatic N) is 2. The van der Waals surface area contributed by atoms with Gasteiger partial charge in [0, 0.05) is 5.70 Å². The lowest BCUT2D eigenvalue weighted by molar-refractivity contribution is -0.126. The minimum Gasteiger partial charge on any atom is -0.502 e. The third-order valence-corrected chi connectivity index (χ3v) is 7.66. The molecule has 1 aliphatic heterocycles. The van der Waals surface area contributed by atoms with Crippen molar-refractivity contribution in [3.8, 4) is 17.2 Å². The van der Waals surface area contributed by atoms with E-state index in [1.165, 1.54) is 37.3 Å². The number of rotatable bonds is 11. The Labute approximate surface area is 266 Å². The van der Waals surface area contributed by atoms with Crippen LogP contribution >= 0.6 is 11.8 Å². The van der Waals surface area contributed by atoms with Crippen molar-refractivity contribution in [2.45, 2.75) is 13.0 Å². The molecule has 1 aliphatic rings. The number of phenolic OH excluding ortho intramolecular Hbond substituents is 1. The molecule has 10 heteroatoms. The molecule has 3 aromatic carbocycles. The van der Waals surface area contributed by atoms with Crippen LogP contribution in [0.4, 0.5) is 0 Å². The molecule has 2 N–H and O–H groups in total. The molecule has 0 saturated carbocycles. The van der Waals surface area contributed by atoms with Crippen LogP contribution in [0.15, 0.2) is 120 Å². The summed E-state index contributed by atoms with van der Waals surface area (Å²) in [6, 6.07) is 21.7. The average molecular weight is 624 g/mol. The molecule has 3 amide bonds. The van der Waals surface area contributed by atoms with E-state index < -0.39 is 17.9 Å². The van der Waals surface area contributed by atoms with Crippen molar-refractivity contribution in [1.82, 2.24) is 10.2 Å². The SMILES string of the molecule is C=C/C=C\C(=C/C)N1C(=O)/C(=C/c2cc(OC)c(O)c(OC)c2)C(=O)N=C1SCC(=O)NC(c1ccccc1)c1ccccc1. The smallest absolute Gasteiger partial charge is 0.285 e. The highest BCUT2D eigenvalue weighted by atomic mass is 32.2. The minimum atomic E-state index is -0.778. The molecule has 0 spiro atoms. The lowest BCUT2D eigenvalue weighted by Gasteiger charge is -2.28. The van der Waals surface area contributed by atoms with Crippen LogP contribution in [-0.4, -0.2) is 52.9 Å². The van der Waals surface area contributed by atoms with Crippen molar-refractivity contribution in [3.63, 3.8) is 0 Å². The lowest BCUT2D eigenvalue weighted by atomic mass is 9.99. The van der Waals surface area contributed by atoms with Crippen LogP contribution in [0.5, 0.6) is 17.2 Å². The molecular formula is C35H33N3O6S. The minimum absolute atomic E-state index is 0.0518. The topological polar surface area (TPSA) is 118 Å². The third-order valence-electron chi connectivity index (χ3n) is 6.73. The summed E-state index contributed by atoms with van der Waals surface area (Å²) in [4.78, 5) is 46.0. The molecule has 0 atom stereocenters. The van der Waals surface area contributed by atoms with Gasteiger partial charge in [-0.15, -0.1) is 0 Å². The Morgan fingerprint density at radius 3 is 2.11 bits per heavy atom. The van der Waals surface area contributed by atoms with E-state index in [0.29, 0.717) is 11.3 Å². The second kappa shape index (κ2) is 15.4. The first-order valence-corrected chi connectivity index (χ1v) is 14.9. The number of amidine groups is 1. The van der Waals surface area contributed by atoms with E-state index in [2.05, 4.69) is 16.9 Å². The zero-order chi connectivity index (χ0) is 32.3. The lowest BCUT2D eigenvalue weighted by Crippen LogP contribution is -2.42. The van der Waals surface area contributed by atoms with Crippen molar-refractivity contribution in [3.05, 3.63) is 132 Å². The van der Waals surface area contributed by atoms with E-state index >= 15 is 0 Å². The van der Waals surface area contributed by atoms with Crippen molar-refractivity contribution in [1.29, 1.82) is 0 Å². The van der Waals surface area contributed by atoms with E-state index in [-0.39, 0.29) is 39.6 Å². The van der Waals surface area contributed by atoms with E-state index in [9.17, 15) is 19.5 Å². The van der Waals surface area contributed by atoms with Crippen molar-refractivity contribution in [2.75, 3.05) is 20.0 Å². The Hall–Kier alpha value is -5.35. The number of carbonyl (C=O) groups is 3. The molecule has 0 unspecified atom stereocenters. The molecule has 0 radical (unpaired) electrons. The third kappa shape index (κ3) is 7.79. The summed E-state index contributed by atoms with van der Waals surface area (Å²) in [5.41, 5.74) is 2.40. The average Bonchev–Trinajstić information content (AvgIpc) is 3.07. The molecule has 0 fully saturated rings. The van der Waals surface area contributed by atoms with Crippen LogP contribution in [0.25, 0.3) is 6.08 Å². The maximum atomic E-state index is 13.9. The fourth-order valence-electron chi connectivity index (χ4n) is 4.56. The standard InChI is InChI=1S/C35H33N3O6S/c1-5-7-18-26(6-2)38-34(42)27(19-23-20-28(43-3)32(40)29(21-23)44-4)33(41)37-35(38)45-22-30(39)36-31(24-14-10-8-11-15-24)25-16-12-9-13-17-25/h5-21,31,40H,1,22H2,2-4H3,(H,36,39)/b18-7-,26-6+,27-19+. The van der Waals surface area contributed by atoms with Gasteiger partial charge in [-0.05, 0) is 47.9 Å². The normalized spacial score (nSPS) is 14.6. The number of aliphatic imine (C=N–C) groups is 1. The highest BCUT2D eigenvalue weighted by Gasteiger charge is 2.35. The number of thioether (sulfide) groups is 1. The molecule has 45 heavy (non-hydrogen) atoms. The number of ether oxygens (including phenoxy) is 2. The number of phenols is 1. The Bertz CT molecular complexity index is 1630. The number of hydrogen-bond acceptors (Lipinski definition) is 7. The monoisotopic (exact) mass is 623 g/mol. The molecule has 0 aromatic heterocycles. The van der Waals surface area contributed by atoms with Crippen molar-refractivity contribution in [2.24, 2.45) is 4.99 Å². The highest BCUT2D eigenvalue weighted by molar-refractivity contribution is 8.14. The summed E-state index contributed by atoms with van der Waals surface area (Å²) in [5, 5.41) is 13.4. The number of methoxy groups -OCH3 is 2. The first-order chi connectivity index (χ1) is 21.8. The molecule has 0 saturated heterocycles. The quantitative estimate of drug-likeness (QED) is 0.157. The van der Waals surface area contributed by atoms with Gasteiger partial charge in [-0.2, -0.15) is 4.99 Å². The van der Waals surface area contributed by atoms with E-state index in [4.69, 9.17) is 9.47 Å². The van der Waals surface area contributed by atoms with Crippen LogP contribution in [-0.2, 0) is 14.4 Å². The second-order valence-electron chi connectivity index (χ2n) is 9.59. The van der Waals surface area contributed by atoms with E-state index in [0.717, 1.165) is 22.9 Å². The summed E-state index contributed by atoms with van der Waals surface area (Å²) in [7, 11) is 2.75. The van der Waals surface area contributed by atoms with Crippen LogP contribution in [0.3, 0.4) is 0 Å². The van der Waals surface area contributed by atoms with Gasteiger partial charge in [0.15, 0.2) is 16.7 Å². The molecule has 3 aromatic rings. The van der Waals surface area contributed by atoms with Gasteiger partial charge in [0.1, 0.15) is 5.57 Å². The van der Waals surface area contributed by atoms with Gasteiger partial charge in [0.2, 0.25) is 11.7 Å². The summed E-state index contributed by atoms with van der Waals surface area (Å²) in [6.07, 6.45) is 7.91. The van der Waals surface area contributed by atoms with Gasteiger partial charge in [-0.25, -0.2) is 0 Å². The predicted octanol–water partition coefficient (Wildman–Crippen LogP) is 5.80. The van der Waals surface area contributed by atoms with Gasteiger partial charge in [0.05, 0.1) is 26.0 Å². The van der Waals surface area contributed by atoms with Crippen LogP contribution in [0, 0.1) is 0 Å². The first-order valence-electron chi connectivity index (χ1n) is 13.9. The van der Waals surface area contributed by atoms with Gasteiger partial charge >= 0.3 is 0 Å². The molecule has 4 rings (SSSR count). The van der Waals surface area contributed by atoms with Crippen molar-refractivity contribution >= 4 is 40.7 Å². The molecule has 230 valence electrons. The number of benzene rings is 3.